The summed E-state index contributed by atoms with van der Waals surface area (Å²) in [5.74, 6) is 0. The number of aliphatic hydroxyl groups excluding tert-OH is 1. The summed E-state index contributed by atoms with van der Waals surface area (Å²) in [6, 6.07) is 11.3. The van der Waals surface area contributed by atoms with Crippen LogP contribution in [0.3, 0.4) is 0 Å². The van der Waals surface area contributed by atoms with E-state index in [1.54, 1.807) is 6.92 Å². The monoisotopic (exact) mass is 389 g/mol. The first-order valence-corrected chi connectivity index (χ1v) is 9.47. The average Bonchev–Trinajstić information content (AvgIpc) is 2.64. The van der Waals surface area contributed by atoms with Crippen molar-refractivity contribution in [2.45, 2.75) is 39.0 Å². The van der Waals surface area contributed by atoms with E-state index in [4.69, 9.17) is 11.6 Å². The molecule has 6 nitrogen and oxygen atoms in total. The predicted octanol–water partition coefficient (Wildman–Crippen LogP) is 4.13. The summed E-state index contributed by atoms with van der Waals surface area (Å²) in [7, 11) is 0. The van der Waals surface area contributed by atoms with Gasteiger partial charge in [0, 0.05) is 38.3 Å². The third-order valence-electron chi connectivity index (χ3n) is 4.94. The standard InChI is InChI=1S/C20H24ClN3O3/c1-14-10-17(24(26)27)11-19(21)20(14)22-12-15-2-4-16(5-3-15)13-23-8-6-18(25)7-9-23/h2-5,10-11,18,22,25H,6-9,12-13H2,1H3. The van der Waals surface area contributed by atoms with E-state index in [9.17, 15) is 15.2 Å². The van der Waals surface area contributed by atoms with E-state index in [-0.39, 0.29) is 11.8 Å². The summed E-state index contributed by atoms with van der Waals surface area (Å²) in [4.78, 5) is 12.8. The highest BCUT2D eigenvalue weighted by Gasteiger charge is 2.17. The number of nitro groups is 1. The second-order valence-corrected chi connectivity index (χ2v) is 7.46. The minimum atomic E-state index is -0.440. The van der Waals surface area contributed by atoms with Gasteiger partial charge in [0.15, 0.2) is 0 Å². The van der Waals surface area contributed by atoms with Crippen LogP contribution >= 0.6 is 11.6 Å². The van der Waals surface area contributed by atoms with Gasteiger partial charge in [-0.15, -0.1) is 0 Å². The van der Waals surface area contributed by atoms with Crippen molar-refractivity contribution in [2.24, 2.45) is 0 Å². The zero-order chi connectivity index (χ0) is 19.4. The van der Waals surface area contributed by atoms with E-state index in [0.717, 1.165) is 49.3 Å². The number of aryl methyl sites for hydroxylation is 1. The van der Waals surface area contributed by atoms with Crippen LogP contribution in [0.15, 0.2) is 36.4 Å². The molecule has 0 bridgehead atoms. The first-order valence-electron chi connectivity index (χ1n) is 9.09. The van der Waals surface area contributed by atoms with Crippen LogP contribution in [0, 0.1) is 17.0 Å². The van der Waals surface area contributed by atoms with Gasteiger partial charge in [0.1, 0.15) is 0 Å². The maximum Gasteiger partial charge on any atom is 0.271 e. The van der Waals surface area contributed by atoms with Crippen molar-refractivity contribution in [3.05, 3.63) is 68.2 Å². The smallest absolute Gasteiger partial charge is 0.271 e. The molecule has 2 aromatic carbocycles. The fourth-order valence-corrected chi connectivity index (χ4v) is 3.67. The Hall–Kier alpha value is -2.15. The van der Waals surface area contributed by atoms with Crippen molar-refractivity contribution >= 4 is 23.0 Å². The highest BCUT2D eigenvalue weighted by atomic mass is 35.5. The number of anilines is 1. The normalized spacial score (nSPS) is 15.7. The zero-order valence-corrected chi connectivity index (χ0v) is 16.1. The first kappa shape index (κ1) is 19.6. The van der Waals surface area contributed by atoms with Gasteiger partial charge in [0.25, 0.3) is 5.69 Å². The minimum Gasteiger partial charge on any atom is -0.393 e. The number of likely N-dealkylation sites (tertiary alicyclic amines) is 1. The molecule has 2 N–H and O–H groups in total. The molecule has 0 aromatic heterocycles. The molecule has 1 saturated heterocycles. The van der Waals surface area contributed by atoms with Gasteiger partial charge in [0.2, 0.25) is 0 Å². The summed E-state index contributed by atoms with van der Waals surface area (Å²) in [6.07, 6.45) is 1.54. The van der Waals surface area contributed by atoms with Crippen LogP contribution < -0.4 is 5.32 Å². The second-order valence-electron chi connectivity index (χ2n) is 7.05. The first-order chi connectivity index (χ1) is 12.9. The molecule has 0 amide bonds. The van der Waals surface area contributed by atoms with Crippen molar-refractivity contribution in [1.82, 2.24) is 4.90 Å². The van der Waals surface area contributed by atoms with E-state index < -0.39 is 4.92 Å². The molecule has 0 atom stereocenters. The Morgan fingerprint density at radius 1 is 1.22 bits per heavy atom. The maximum absolute atomic E-state index is 10.9. The Labute approximate surface area is 163 Å². The minimum absolute atomic E-state index is 0.00219. The molecule has 1 fully saturated rings. The van der Waals surface area contributed by atoms with Gasteiger partial charge >= 0.3 is 0 Å². The van der Waals surface area contributed by atoms with Crippen LogP contribution in [-0.2, 0) is 13.1 Å². The van der Waals surface area contributed by atoms with Crippen LogP contribution in [0.4, 0.5) is 11.4 Å². The maximum atomic E-state index is 10.9. The molecule has 27 heavy (non-hydrogen) atoms. The van der Waals surface area contributed by atoms with Crippen LogP contribution in [-0.4, -0.2) is 34.1 Å². The van der Waals surface area contributed by atoms with E-state index in [0.29, 0.717) is 11.6 Å². The van der Waals surface area contributed by atoms with Gasteiger partial charge in [-0.2, -0.15) is 0 Å². The van der Waals surface area contributed by atoms with Crippen molar-refractivity contribution in [2.75, 3.05) is 18.4 Å². The third-order valence-corrected chi connectivity index (χ3v) is 5.24. The lowest BCUT2D eigenvalue weighted by molar-refractivity contribution is -0.384. The molecule has 0 unspecified atom stereocenters. The van der Waals surface area contributed by atoms with E-state index in [1.165, 1.54) is 17.7 Å². The van der Waals surface area contributed by atoms with Gasteiger partial charge < -0.3 is 10.4 Å². The Balaban J connectivity index is 1.58. The SMILES string of the molecule is Cc1cc([N+](=O)[O-])cc(Cl)c1NCc1ccc(CN2CCC(O)CC2)cc1. The molecule has 0 saturated carbocycles. The molecule has 2 aromatic rings. The quantitative estimate of drug-likeness (QED) is 0.573. The van der Waals surface area contributed by atoms with E-state index in [1.807, 2.05) is 0 Å². The Morgan fingerprint density at radius 2 is 1.85 bits per heavy atom. The topological polar surface area (TPSA) is 78.6 Å². The van der Waals surface area contributed by atoms with Gasteiger partial charge in [-0.25, -0.2) is 0 Å². The molecule has 144 valence electrons. The van der Waals surface area contributed by atoms with Gasteiger partial charge in [-0.05, 0) is 36.5 Å². The molecular formula is C20H24ClN3O3. The average molecular weight is 390 g/mol. The molecule has 1 aliphatic heterocycles. The number of non-ortho nitro benzene ring substituents is 1. The number of aliphatic hydroxyl groups is 1. The number of piperidine rings is 1. The number of hydrogen-bond acceptors (Lipinski definition) is 5. The van der Waals surface area contributed by atoms with Crippen LogP contribution in [0.2, 0.25) is 5.02 Å². The Kier molecular flexibility index (Phi) is 6.31. The van der Waals surface area contributed by atoms with Crippen LogP contribution in [0.5, 0.6) is 0 Å². The molecule has 7 heteroatoms. The lowest BCUT2D eigenvalue weighted by atomic mass is 10.1. The highest BCUT2D eigenvalue weighted by molar-refractivity contribution is 6.33. The summed E-state index contributed by atoms with van der Waals surface area (Å²) >= 11 is 6.20. The number of nitro benzene ring substituents is 1. The second kappa shape index (κ2) is 8.69. The summed E-state index contributed by atoms with van der Waals surface area (Å²) < 4.78 is 0. The largest absolute Gasteiger partial charge is 0.393 e. The number of rotatable bonds is 6. The van der Waals surface area contributed by atoms with Crippen LogP contribution in [0.1, 0.15) is 29.5 Å². The summed E-state index contributed by atoms with van der Waals surface area (Å²) in [6.45, 7) is 5.16. The number of halogens is 1. The lowest BCUT2D eigenvalue weighted by Gasteiger charge is -2.29. The Bertz CT molecular complexity index is 780. The number of hydrogen-bond donors (Lipinski definition) is 2. The third kappa shape index (κ3) is 5.19. The fraction of sp³-hybridized carbons (Fsp3) is 0.400. The van der Waals surface area contributed by atoms with Crippen molar-refractivity contribution < 1.29 is 10.0 Å². The predicted molar refractivity (Wildman–Crippen MR) is 107 cm³/mol. The fourth-order valence-electron chi connectivity index (χ4n) is 3.34. The lowest BCUT2D eigenvalue weighted by Crippen LogP contribution is -2.35. The van der Waals surface area contributed by atoms with Gasteiger partial charge in [0.05, 0.1) is 21.7 Å². The zero-order valence-electron chi connectivity index (χ0n) is 15.3. The van der Waals surface area contributed by atoms with Gasteiger partial charge in [-0.3, -0.25) is 15.0 Å². The molecule has 1 aliphatic rings. The molecule has 0 radical (unpaired) electrons. The van der Waals surface area contributed by atoms with Gasteiger partial charge in [-0.1, -0.05) is 35.9 Å². The molecule has 0 spiro atoms. The number of benzene rings is 2. The molecule has 3 rings (SSSR count). The summed E-state index contributed by atoms with van der Waals surface area (Å²) in [5.41, 5.74) is 3.83. The van der Waals surface area contributed by atoms with Crippen molar-refractivity contribution in [1.29, 1.82) is 0 Å². The van der Waals surface area contributed by atoms with E-state index >= 15 is 0 Å². The molecule has 0 aliphatic carbocycles. The van der Waals surface area contributed by atoms with Crippen LogP contribution in [0.25, 0.3) is 0 Å². The Morgan fingerprint density at radius 3 is 2.44 bits per heavy atom. The number of nitrogens with zero attached hydrogens (tertiary/aromatic N) is 2. The number of nitrogens with one attached hydrogen (secondary N) is 1. The van der Waals surface area contributed by atoms with Crippen molar-refractivity contribution in [3.8, 4) is 0 Å². The van der Waals surface area contributed by atoms with Crippen molar-refractivity contribution in [3.63, 3.8) is 0 Å². The highest BCUT2D eigenvalue weighted by Crippen LogP contribution is 2.31. The molecule has 1 heterocycles. The summed E-state index contributed by atoms with van der Waals surface area (Å²) in [5, 5.41) is 24.1. The van der Waals surface area contributed by atoms with E-state index in [2.05, 4.69) is 34.5 Å². The molecular weight excluding hydrogens is 366 g/mol.